The van der Waals surface area contributed by atoms with E-state index in [0.717, 1.165) is 81.8 Å². The molecule has 1 aliphatic carbocycles. The van der Waals surface area contributed by atoms with Gasteiger partial charge in [0.1, 0.15) is 0 Å². The van der Waals surface area contributed by atoms with Gasteiger partial charge in [0.05, 0.1) is 24.5 Å². The molecule has 1 N–H and O–H groups in total. The van der Waals surface area contributed by atoms with E-state index < -0.39 is 5.60 Å². The molecule has 2 saturated heterocycles. The molecule has 7 nitrogen and oxygen atoms in total. The number of carbonyl (C=O) groups is 1. The van der Waals surface area contributed by atoms with Crippen LogP contribution in [0.25, 0.3) is 0 Å². The van der Waals surface area contributed by atoms with E-state index in [2.05, 4.69) is 14.4 Å². The van der Waals surface area contributed by atoms with E-state index in [1.165, 1.54) is 0 Å². The number of imidazole rings is 1. The van der Waals surface area contributed by atoms with Gasteiger partial charge in [0.2, 0.25) is 5.95 Å². The summed E-state index contributed by atoms with van der Waals surface area (Å²) < 4.78 is 7.85. The zero-order valence-corrected chi connectivity index (χ0v) is 20.0. The second-order valence-electron chi connectivity index (χ2n) is 10.4. The van der Waals surface area contributed by atoms with Crippen LogP contribution < -0.4 is 4.90 Å². The van der Waals surface area contributed by atoms with Crippen LogP contribution >= 0.6 is 0 Å². The molecule has 4 heterocycles. The van der Waals surface area contributed by atoms with Crippen molar-refractivity contribution in [3.63, 3.8) is 0 Å². The number of morpholine rings is 1. The number of ether oxygens (including phenoxy) is 1. The second kappa shape index (κ2) is 9.00. The smallest absolute Gasteiger partial charge is 0.274 e. The zero-order valence-electron chi connectivity index (χ0n) is 20.0. The number of hydrogen-bond acceptors (Lipinski definition) is 5. The van der Waals surface area contributed by atoms with Crippen molar-refractivity contribution >= 4 is 11.9 Å². The van der Waals surface area contributed by atoms with Crippen LogP contribution in [0.1, 0.15) is 66.7 Å². The molecule has 1 aromatic carbocycles. The molecule has 7 heteroatoms. The molecule has 1 amide bonds. The lowest BCUT2D eigenvalue weighted by Gasteiger charge is -2.52. The number of aromatic nitrogens is 2. The normalized spacial score (nSPS) is 29.4. The lowest BCUT2D eigenvalue weighted by atomic mass is 9.66. The molecule has 2 aromatic rings. The summed E-state index contributed by atoms with van der Waals surface area (Å²) in [5.41, 5.74) is 1.88. The lowest BCUT2D eigenvalue weighted by Crippen LogP contribution is -2.59. The van der Waals surface area contributed by atoms with Crippen LogP contribution in [0, 0.1) is 5.92 Å². The highest BCUT2D eigenvalue weighted by Gasteiger charge is 2.51. The van der Waals surface area contributed by atoms with Crippen molar-refractivity contribution in [1.82, 2.24) is 14.5 Å². The molecule has 1 saturated carbocycles. The Kier molecular flexibility index (Phi) is 5.86. The summed E-state index contributed by atoms with van der Waals surface area (Å²) in [5.74, 6) is 1.08. The monoisotopic (exact) mass is 464 g/mol. The van der Waals surface area contributed by atoms with Crippen LogP contribution in [0.2, 0.25) is 0 Å². The first-order chi connectivity index (χ1) is 16.7. The van der Waals surface area contributed by atoms with E-state index in [4.69, 9.17) is 9.72 Å². The molecule has 3 fully saturated rings. The van der Waals surface area contributed by atoms with Crippen molar-refractivity contribution in [2.45, 2.75) is 69.6 Å². The van der Waals surface area contributed by atoms with Gasteiger partial charge in [-0.05, 0) is 44.1 Å². The molecule has 3 aliphatic heterocycles. The van der Waals surface area contributed by atoms with E-state index in [1.807, 2.05) is 30.3 Å². The summed E-state index contributed by atoms with van der Waals surface area (Å²) in [6, 6.07) is 10.2. The van der Waals surface area contributed by atoms with Gasteiger partial charge in [-0.25, -0.2) is 4.98 Å². The number of hydrogen-bond donors (Lipinski definition) is 1. The number of carbonyl (C=O) groups excluding carboxylic acids is 1. The van der Waals surface area contributed by atoms with E-state index >= 15 is 0 Å². The Morgan fingerprint density at radius 2 is 1.79 bits per heavy atom. The fourth-order valence-electron chi connectivity index (χ4n) is 6.86. The van der Waals surface area contributed by atoms with Crippen molar-refractivity contribution < 1.29 is 14.6 Å². The van der Waals surface area contributed by atoms with Crippen molar-refractivity contribution in [2.75, 3.05) is 37.7 Å². The summed E-state index contributed by atoms with van der Waals surface area (Å²) in [6.07, 6.45) is 7.86. The molecular weight excluding hydrogens is 428 g/mol. The van der Waals surface area contributed by atoms with Gasteiger partial charge in [-0.3, -0.25) is 4.79 Å². The topological polar surface area (TPSA) is 70.8 Å². The van der Waals surface area contributed by atoms with Gasteiger partial charge in [-0.15, -0.1) is 0 Å². The van der Waals surface area contributed by atoms with Crippen LogP contribution in [-0.4, -0.2) is 64.4 Å². The second-order valence-corrected chi connectivity index (χ2v) is 10.4. The maximum atomic E-state index is 14.1. The average Bonchev–Trinajstić information content (AvgIpc) is 3.30. The average molecular weight is 465 g/mol. The molecule has 3 atom stereocenters. The molecule has 34 heavy (non-hydrogen) atoms. The minimum absolute atomic E-state index is 0.0629. The van der Waals surface area contributed by atoms with Crippen molar-refractivity contribution in [3.8, 4) is 0 Å². The third-order valence-electron chi connectivity index (χ3n) is 8.61. The Bertz CT molecular complexity index is 1030. The maximum Gasteiger partial charge on any atom is 0.274 e. The predicted molar refractivity (Wildman–Crippen MR) is 130 cm³/mol. The summed E-state index contributed by atoms with van der Waals surface area (Å²) in [5, 5.41) is 11.9. The van der Waals surface area contributed by atoms with Crippen molar-refractivity contribution in [2.24, 2.45) is 5.92 Å². The fraction of sp³-hybridized carbons (Fsp3) is 0.630. The van der Waals surface area contributed by atoms with Crippen LogP contribution in [-0.2, 0) is 23.3 Å². The first kappa shape index (κ1) is 22.1. The molecule has 182 valence electrons. The quantitative estimate of drug-likeness (QED) is 0.754. The van der Waals surface area contributed by atoms with Gasteiger partial charge in [0, 0.05) is 38.1 Å². The van der Waals surface area contributed by atoms with E-state index in [1.54, 1.807) is 0 Å². The van der Waals surface area contributed by atoms with Gasteiger partial charge in [0.15, 0.2) is 5.69 Å². The van der Waals surface area contributed by atoms with Crippen LogP contribution in [0.5, 0.6) is 0 Å². The Morgan fingerprint density at radius 1 is 1.00 bits per heavy atom. The summed E-state index contributed by atoms with van der Waals surface area (Å²) >= 11 is 0. The number of piperidine rings is 1. The van der Waals surface area contributed by atoms with Gasteiger partial charge in [-0.2, -0.15) is 0 Å². The summed E-state index contributed by atoms with van der Waals surface area (Å²) in [6.45, 7) is 4.57. The zero-order chi connectivity index (χ0) is 23.1. The molecule has 0 radical (unpaired) electrons. The third-order valence-corrected chi connectivity index (χ3v) is 8.61. The van der Waals surface area contributed by atoms with Crippen molar-refractivity contribution in [3.05, 3.63) is 47.3 Å². The number of fused-ring (bicyclic) bond motifs is 2. The molecule has 4 aliphatic rings. The highest BCUT2D eigenvalue weighted by atomic mass is 16.5. The maximum absolute atomic E-state index is 14.1. The lowest BCUT2D eigenvalue weighted by molar-refractivity contribution is -0.110. The SMILES string of the molecule is O=C(c1nc(N2CCOCC2)n2c1CCCC2)N1CCC(O)(c2ccccc2)C2CCCCC21. The summed E-state index contributed by atoms with van der Waals surface area (Å²) in [7, 11) is 0. The standard InChI is InChI=1S/C27H36N4O3/c32-25(24-23-12-6-7-14-31(23)26(28-24)29-16-18-34-19-17-29)30-15-13-27(33,20-8-2-1-3-9-20)21-10-4-5-11-22(21)30/h1-3,8-9,21-22,33H,4-7,10-19H2. The Hall–Kier alpha value is -2.38. The van der Waals surface area contributed by atoms with E-state index in [9.17, 15) is 9.90 Å². The fourth-order valence-corrected chi connectivity index (χ4v) is 6.86. The van der Waals surface area contributed by atoms with E-state index in [-0.39, 0.29) is 17.9 Å². The van der Waals surface area contributed by atoms with Crippen LogP contribution in [0.15, 0.2) is 30.3 Å². The van der Waals surface area contributed by atoms with Crippen molar-refractivity contribution in [1.29, 1.82) is 0 Å². The number of rotatable bonds is 3. The molecule has 3 unspecified atom stereocenters. The van der Waals surface area contributed by atoms with E-state index in [0.29, 0.717) is 31.9 Å². The molecule has 6 rings (SSSR count). The third kappa shape index (κ3) is 3.64. The van der Waals surface area contributed by atoms with Crippen LogP contribution in [0.3, 0.4) is 0 Å². The van der Waals surface area contributed by atoms with Crippen LogP contribution in [0.4, 0.5) is 5.95 Å². The highest BCUT2D eigenvalue weighted by molar-refractivity contribution is 5.94. The molecule has 0 spiro atoms. The highest BCUT2D eigenvalue weighted by Crippen LogP contribution is 2.47. The molecular formula is C27H36N4O3. The van der Waals surface area contributed by atoms with Gasteiger partial charge < -0.3 is 24.2 Å². The Balaban J connectivity index is 1.33. The van der Waals surface area contributed by atoms with Gasteiger partial charge in [0.25, 0.3) is 5.91 Å². The largest absolute Gasteiger partial charge is 0.385 e. The Morgan fingerprint density at radius 3 is 2.62 bits per heavy atom. The van der Waals surface area contributed by atoms with Gasteiger partial charge in [-0.1, -0.05) is 43.2 Å². The number of likely N-dealkylation sites (tertiary alicyclic amines) is 1. The minimum atomic E-state index is -0.865. The number of amides is 1. The predicted octanol–water partition coefficient (Wildman–Crippen LogP) is 3.35. The number of anilines is 1. The first-order valence-corrected chi connectivity index (χ1v) is 13.2. The Labute approximate surface area is 201 Å². The minimum Gasteiger partial charge on any atom is -0.385 e. The molecule has 0 bridgehead atoms. The number of aliphatic hydroxyl groups is 1. The van der Waals surface area contributed by atoms with Gasteiger partial charge >= 0.3 is 0 Å². The first-order valence-electron chi connectivity index (χ1n) is 13.2. The number of nitrogens with zero attached hydrogens (tertiary/aromatic N) is 4. The summed E-state index contributed by atoms with van der Waals surface area (Å²) in [4.78, 5) is 23.5. The number of benzene rings is 1. The molecule has 1 aromatic heterocycles.